The SMILES string of the molecule is O=C(NCc1ccc(-n2cnc3ccccc32)cc1)N1CCN(Cc2nc3ccccc3c(=O)[nH]2)CC1. The van der Waals surface area contributed by atoms with Crippen LogP contribution in [0.2, 0.25) is 0 Å². The molecule has 2 amide bonds. The fraction of sp³-hybridized carbons (Fsp3) is 0.214. The van der Waals surface area contributed by atoms with Crippen LogP contribution >= 0.6 is 0 Å². The number of fused-ring (bicyclic) bond motifs is 2. The van der Waals surface area contributed by atoms with Crippen LogP contribution in [-0.4, -0.2) is 61.5 Å². The summed E-state index contributed by atoms with van der Waals surface area (Å²) in [5.74, 6) is 0.647. The Balaban J connectivity index is 1.01. The van der Waals surface area contributed by atoms with Crippen molar-refractivity contribution >= 4 is 28.0 Å². The van der Waals surface area contributed by atoms with Crippen LogP contribution in [0.4, 0.5) is 4.79 Å². The second-order valence-electron chi connectivity index (χ2n) is 9.22. The Kier molecular flexibility index (Phi) is 6.11. The minimum Gasteiger partial charge on any atom is -0.334 e. The number of piperazine rings is 1. The number of nitrogens with one attached hydrogen (secondary N) is 2. The van der Waals surface area contributed by atoms with Gasteiger partial charge in [-0.25, -0.2) is 14.8 Å². The van der Waals surface area contributed by atoms with Crippen LogP contribution in [0, 0.1) is 0 Å². The third kappa shape index (κ3) is 4.81. The molecule has 0 spiro atoms. The summed E-state index contributed by atoms with van der Waals surface area (Å²) >= 11 is 0. The van der Waals surface area contributed by atoms with Crippen LogP contribution < -0.4 is 10.9 Å². The minimum absolute atomic E-state index is 0.0680. The molecule has 0 unspecified atom stereocenters. The van der Waals surface area contributed by atoms with Gasteiger partial charge in [0.15, 0.2) is 0 Å². The first-order valence-corrected chi connectivity index (χ1v) is 12.4. The van der Waals surface area contributed by atoms with Crippen molar-refractivity contribution < 1.29 is 4.79 Å². The Morgan fingerprint density at radius 1 is 0.892 bits per heavy atom. The van der Waals surface area contributed by atoms with Gasteiger partial charge in [0.25, 0.3) is 5.56 Å². The molecule has 2 N–H and O–H groups in total. The van der Waals surface area contributed by atoms with Gasteiger partial charge in [-0.3, -0.25) is 14.3 Å². The van der Waals surface area contributed by atoms with E-state index in [1.54, 1.807) is 6.07 Å². The van der Waals surface area contributed by atoms with Crippen molar-refractivity contribution in [1.29, 1.82) is 0 Å². The van der Waals surface area contributed by atoms with Crippen molar-refractivity contribution in [2.75, 3.05) is 26.2 Å². The highest BCUT2D eigenvalue weighted by Crippen LogP contribution is 2.18. The number of carbonyl (C=O) groups is 1. The Morgan fingerprint density at radius 2 is 1.62 bits per heavy atom. The molecule has 0 radical (unpaired) electrons. The van der Waals surface area contributed by atoms with Gasteiger partial charge in [0.1, 0.15) is 12.2 Å². The average molecular weight is 494 g/mol. The fourth-order valence-electron chi connectivity index (χ4n) is 4.76. The predicted molar refractivity (Wildman–Crippen MR) is 143 cm³/mol. The number of aromatic nitrogens is 4. The van der Waals surface area contributed by atoms with E-state index in [-0.39, 0.29) is 11.6 Å². The van der Waals surface area contributed by atoms with Crippen LogP contribution in [0.5, 0.6) is 0 Å². The molecule has 1 aliphatic heterocycles. The number of rotatable bonds is 5. The summed E-state index contributed by atoms with van der Waals surface area (Å²) in [5.41, 5.74) is 4.66. The number of hydrogen-bond donors (Lipinski definition) is 2. The third-order valence-corrected chi connectivity index (χ3v) is 6.81. The highest BCUT2D eigenvalue weighted by Gasteiger charge is 2.21. The third-order valence-electron chi connectivity index (χ3n) is 6.81. The number of imidazole rings is 1. The molecule has 1 aliphatic rings. The van der Waals surface area contributed by atoms with Crippen molar-refractivity contribution in [3.63, 3.8) is 0 Å². The number of nitrogens with zero attached hydrogens (tertiary/aromatic N) is 5. The lowest BCUT2D eigenvalue weighted by Gasteiger charge is -2.34. The Bertz CT molecular complexity index is 1620. The number of H-pyrrole nitrogens is 1. The maximum absolute atomic E-state index is 12.8. The van der Waals surface area contributed by atoms with Crippen molar-refractivity contribution in [2.45, 2.75) is 13.1 Å². The largest absolute Gasteiger partial charge is 0.334 e. The summed E-state index contributed by atoms with van der Waals surface area (Å²) < 4.78 is 2.06. The zero-order valence-corrected chi connectivity index (χ0v) is 20.3. The van der Waals surface area contributed by atoms with Crippen molar-refractivity contribution in [2.24, 2.45) is 0 Å². The second-order valence-corrected chi connectivity index (χ2v) is 9.22. The van der Waals surface area contributed by atoms with Gasteiger partial charge in [-0.1, -0.05) is 36.4 Å². The van der Waals surface area contributed by atoms with Crippen LogP contribution in [0.1, 0.15) is 11.4 Å². The number of urea groups is 1. The maximum Gasteiger partial charge on any atom is 0.317 e. The van der Waals surface area contributed by atoms with E-state index in [1.807, 2.05) is 78.0 Å². The van der Waals surface area contributed by atoms with Crippen molar-refractivity contribution in [1.82, 2.24) is 34.6 Å². The van der Waals surface area contributed by atoms with Gasteiger partial charge in [-0.05, 0) is 42.0 Å². The molecule has 9 heteroatoms. The summed E-state index contributed by atoms with van der Waals surface area (Å²) in [6.07, 6.45) is 1.83. The van der Waals surface area contributed by atoms with E-state index in [0.29, 0.717) is 42.9 Å². The molecule has 1 saturated heterocycles. The number of benzene rings is 3. The van der Waals surface area contributed by atoms with Gasteiger partial charge in [0, 0.05) is 38.4 Å². The number of amides is 2. The number of aromatic amines is 1. The zero-order chi connectivity index (χ0) is 25.2. The molecule has 2 aromatic heterocycles. The molecule has 0 atom stereocenters. The lowest BCUT2D eigenvalue weighted by atomic mass is 10.2. The molecule has 1 fully saturated rings. The van der Waals surface area contributed by atoms with E-state index in [4.69, 9.17) is 0 Å². The zero-order valence-electron chi connectivity index (χ0n) is 20.3. The van der Waals surface area contributed by atoms with Crippen molar-refractivity contribution in [3.05, 3.63) is 101 Å². The predicted octanol–water partition coefficient (Wildman–Crippen LogP) is 3.29. The molecule has 3 aromatic carbocycles. The molecule has 6 rings (SSSR count). The fourth-order valence-corrected chi connectivity index (χ4v) is 4.76. The second kappa shape index (κ2) is 9.87. The minimum atomic E-state index is -0.120. The van der Waals surface area contributed by atoms with E-state index < -0.39 is 0 Å². The summed E-state index contributed by atoms with van der Waals surface area (Å²) in [4.78, 5) is 41.0. The summed E-state index contributed by atoms with van der Waals surface area (Å²) in [6.45, 7) is 3.70. The quantitative estimate of drug-likeness (QED) is 0.392. The molecule has 3 heterocycles. The van der Waals surface area contributed by atoms with Crippen LogP contribution in [-0.2, 0) is 13.1 Å². The van der Waals surface area contributed by atoms with E-state index in [2.05, 4.69) is 29.7 Å². The van der Waals surface area contributed by atoms with Crippen LogP contribution in [0.3, 0.4) is 0 Å². The first kappa shape index (κ1) is 22.9. The molecule has 9 nitrogen and oxygen atoms in total. The van der Waals surface area contributed by atoms with E-state index in [0.717, 1.165) is 35.4 Å². The van der Waals surface area contributed by atoms with E-state index in [9.17, 15) is 9.59 Å². The summed E-state index contributed by atoms with van der Waals surface area (Å²) in [7, 11) is 0. The Hall–Kier alpha value is -4.50. The van der Waals surface area contributed by atoms with E-state index >= 15 is 0 Å². The first-order chi connectivity index (χ1) is 18.1. The monoisotopic (exact) mass is 493 g/mol. The van der Waals surface area contributed by atoms with Gasteiger partial charge in [-0.15, -0.1) is 0 Å². The van der Waals surface area contributed by atoms with E-state index in [1.165, 1.54) is 0 Å². The van der Waals surface area contributed by atoms with Crippen LogP contribution in [0.15, 0.2) is 83.9 Å². The van der Waals surface area contributed by atoms with Gasteiger partial charge in [-0.2, -0.15) is 0 Å². The Labute approximate surface area is 213 Å². The highest BCUT2D eigenvalue weighted by molar-refractivity contribution is 5.78. The van der Waals surface area contributed by atoms with Crippen LogP contribution in [0.25, 0.3) is 27.6 Å². The maximum atomic E-state index is 12.8. The smallest absolute Gasteiger partial charge is 0.317 e. The lowest BCUT2D eigenvalue weighted by Crippen LogP contribution is -2.51. The highest BCUT2D eigenvalue weighted by atomic mass is 16.2. The normalized spacial score (nSPS) is 14.3. The molecule has 186 valence electrons. The first-order valence-electron chi connectivity index (χ1n) is 12.4. The number of hydrogen-bond acceptors (Lipinski definition) is 5. The Morgan fingerprint density at radius 3 is 2.43 bits per heavy atom. The average Bonchev–Trinajstić information content (AvgIpc) is 3.37. The van der Waals surface area contributed by atoms with Gasteiger partial charge >= 0.3 is 6.03 Å². The molecule has 0 saturated carbocycles. The molecule has 37 heavy (non-hydrogen) atoms. The standard InChI is InChI=1S/C28H27N7O2/c36-27-22-5-1-2-6-23(22)31-26(32-27)18-33-13-15-34(16-14-33)28(37)29-17-20-9-11-21(12-10-20)35-19-30-24-7-3-4-8-25(24)35/h1-12,19H,13-18H2,(H,29,37)(H,31,32,36). The topological polar surface area (TPSA) is 99.2 Å². The summed E-state index contributed by atoms with van der Waals surface area (Å²) in [5, 5.41) is 3.63. The number of carbonyl (C=O) groups excluding carboxylic acids is 1. The molecule has 5 aromatic rings. The molecule has 0 bridgehead atoms. The van der Waals surface area contributed by atoms with Gasteiger partial charge in [0.05, 0.1) is 28.5 Å². The number of para-hydroxylation sites is 3. The van der Waals surface area contributed by atoms with Gasteiger partial charge in [0.2, 0.25) is 0 Å². The van der Waals surface area contributed by atoms with Crippen molar-refractivity contribution in [3.8, 4) is 5.69 Å². The van der Waals surface area contributed by atoms with Gasteiger partial charge < -0.3 is 15.2 Å². The lowest BCUT2D eigenvalue weighted by molar-refractivity contribution is 0.133. The summed E-state index contributed by atoms with van der Waals surface area (Å²) in [6, 6.07) is 23.4. The molecular weight excluding hydrogens is 466 g/mol. The molecule has 0 aliphatic carbocycles. The molecular formula is C28H27N7O2.